The lowest BCUT2D eigenvalue weighted by Crippen LogP contribution is -1.91. The molecule has 2 rings (SSSR count). The van der Waals surface area contributed by atoms with Crippen LogP contribution in [0.3, 0.4) is 0 Å². The number of nitrogens with one attached hydrogen (secondary N) is 1. The molecule has 13 heavy (non-hydrogen) atoms. The van der Waals surface area contributed by atoms with Gasteiger partial charge in [0.05, 0.1) is 11.3 Å². The highest BCUT2D eigenvalue weighted by molar-refractivity contribution is 5.88. The molecule has 0 saturated heterocycles. The van der Waals surface area contributed by atoms with E-state index in [1.165, 1.54) is 12.3 Å². The molecule has 0 spiro atoms. The van der Waals surface area contributed by atoms with Crippen LogP contribution >= 0.6 is 0 Å². The second-order valence-corrected chi connectivity index (χ2v) is 2.59. The number of rotatable bonds is 2. The number of aromatic amines is 1. The monoisotopic (exact) mass is 177 g/mol. The average molecular weight is 177 g/mol. The highest BCUT2D eigenvalue weighted by Gasteiger charge is 2.09. The second-order valence-electron chi connectivity index (χ2n) is 2.59. The lowest BCUT2D eigenvalue weighted by Gasteiger charge is -1.87. The van der Waals surface area contributed by atoms with Crippen molar-refractivity contribution in [1.29, 1.82) is 0 Å². The smallest absolute Gasteiger partial charge is 0.338 e. The molecule has 0 amide bonds. The Morgan fingerprint density at radius 2 is 2.38 bits per heavy atom. The van der Waals surface area contributed by atoms with E-state index in [0.29, 0.717) is 5.76 Å². The first-order valence-electron chi connectivity index (χ1n) is 3.73. The molecule has 0 bridgehead atoms. The summed E-state index contributed by atoms with van der Waals surface area (Å²) in [7, 11) is 0. The van der Waals surface area contributed by atoms with E-state index in [2.05, 4.69) is 4.98 Å². The average Bonchev–Trinajstić information content (AvgIpc) is 2.75. The minimum absolute atomic E-state index is 0.157. The Balaban J connectivity index is 2.39. The number of aromatic carboxylic acids is 1. The Morgan fingerprint density at radius 3 is 2.92 bits per heavy atom. The summed E-state index contributed by atoms with van der Waals surface area (Å²) in [5.74, 6) is -0.455. The van der Waals surface area contributed by atoms with Gasteiger partial charge in [-0.1, -0.05) is 0 Å². The molecule has 2 heterocycles. The van der Waals surface area contributed by atoms with E-state index >= 15 is 0 Å². The minimum Gasteiger partial charge on any atom is -0.478 e. The van der Waals surface area contributed by atoms with E-state index in [1.807, 2.05) is 12.1 Å². The predicted octanol–water partition coefficient (Wildman–Crippen LogP) is 1.97. The highest BCUT2D eigenvalue weighted by atomic mass is 16.4. The molecule has 0 unspecified atom stereocenters. The molecular weight excluding hydrogens is 170 g/mol. The first-order chi connectivity index (χ1) is 6.27. The number of hydrogen-bond donors (Lipinski definition) is 2. The summed E-state index contributed by atoms with van der Waals surface area (Å²) in [5.41, 5.74) is 0.928. The number of H-pyrrole nitrogens is 1. The molecule has 2 aromatic heterocycles. The molecule has 0 aliphatic heterocycles. The van der Waals surface area contributed by atoms with Crippen LogP contribution in [-0.4, -0.2) is 16.1 Å². The fourth-order valence-electron chi connectivity index (χ4n) is 1.07. The van der Waals surface area contributed by atoms with Crippen LogP contribution in [0.15, 0.2) is 35.1 Å². The topological polar surface area (TPSA) is 66.2 Å². The minimum atomic E-state index is -0.985. The maximum atomic E-state index is 10.5. The molecule has 0 fully saturated rings. The van der Waals surface area contributed by atoms with Gasteiger partial charge in [-0.15, -0.1) is 0 Å². The Labute approximate surface area is 73.8 Å². The molecule has 0 saturated carbocycles. The maximum absolute atomic E-state index is 10.5. The standard InChI is InChI=1S/C9H7NO3/c11-9(12)6-4-8(13-5-6)7-2-1-3-10-7/h1-5,10H,(H,11,12). The molecule has 2 N–H and O–H groups in total. The third-order valence-corrected chi connectivity index (χ3v) is 1.71. The van der Waals surface area contributed by atoms with Gasteiger partial charge in [-0.25, -0.2) is 4.79 Å². The normalized spacial score (nSPS) is 10.2. The molecule has 4 nitrogen and oxygen atoms in total. The predicted molar refractivity (Wildman–Crippen MR) is 45.5 cm³/mol. The van der Waals surface area contributed by atoms with Crippen LogP contribution in [0.25, 0.3) is 11.5 Å². The molecule has 0 aliphatic carbocycles. The van der Waals surface area contributed by atoms with Gasteiger partial charge in [-0.3, -0.25) is 0 Å². The van der Waals surface area contributed by atoms with Crippen molar-refractivity contribution in [2.75, 3.05) is 0 Å². The van der Waals surface area contributed by atoms with Crippen LogP contribution in [0.5, 0.6) is 0 Å². The maximum Gasteiger partial charge on any atom is 0.338 e. The summed E-state index contributed by atoms with van der Waals surface area (Å²) in [6.45, 7) is 0. The van der Waals surface area contributed by atoms with Crippen molar-refractivity contribution >= 4 is 5.97 Å². The third kappa shape index (κ3) is 1.33. The van der Waals surface area contributed by atoms with Crippen LogP contribution in [-0.2, 0) is 0 Å². The molecule has 0 aromatic carbocycles. The summed E-state index contributed by atoms with van der Waals surface area (Å²) in [6.07, 6.45) is 2.97. The first kappa shape index (κ1) is 7.67. The quantitative estimate of drug-likeness (QED) is 0.736. The van der Waals surface area contributed by atoms with Crippen molar-refractivity contribution in [3.8, 4) is 11.5 Å². The Hall–Kier alpha value is -1.97. The van der Waals surface area contributed by atoms with Crippen molar-refractivity contribution in [1.82, 2.24) is 4.98 Å². The SMILES string of the molecule is O=C(O)c1coc(-c2ccc[nH]2)c1. The van der Waals surface area contributed by atoms with E-state index in [4.69, 9.17) is 9.52 Å². The van der Waals surface area contributed by atoms with Crippen molar-refractivity contribution < 1.29 is 14.3 Å². The zero-order valence-corrected chi connectivity index (χ0v) is 6.65. The van der Waals surface area contributed by atoms with Gasteiger partial charge in [0.1, 0.15) is 6.26 Å². The fourth-order valence-corrected chi connectivity index (χ4v) is 1.07. The van der Waals surface area contributed by atoms with Crippen LogP contribution < -0.4 is 0 Å². The number of furan rings is 1. The van der Waals surface area contributed by atoms with Gasteiger partial charge in [0.25, 0.3) is 0 Å². The molecule has 2 aromatic rings. The van der Waals surface area contributed by atoms with Gasteiger partial charge in [0.2, 0.25) is 0 Å². The zero-order chi connectivity index (χ0) is 9.26. The number of carboxylic acids is 1. The Morgan fingerprint density at radius 1 is 1.54 bits per heavy atom. The lowest BCUT2D eigenvalue weighted by molar-refractivity contribution is 0.0696. The lowest BCUT2D eigenvalue weighted by atomic mass is 10.3. The molecule has 0 aliphatic rings. The second kappa shape index (κ2) is 2.82. The van der Waals surface area contributed by atoms with Crippen molar-refractivity contribution in [2.45, 2.75) is 0 Å². The van der Waals surface area contributed by atoms with Crippen molar-refractivity contribution in [3.63, 3.8) is 0 Å². The number of aromatic nitrogens is 1. The van der Waals surface area contributed by atoms with E-state index in [9.17, 15) is 4.79 Å². The molecule has 0 radical (unpaired) electrons. The van der Waals surface area contributed by atoms with Gasteiger partial charge < -0.3 is 14.5 Å². The summed E-state index contributed by atoms with van der Waals surface area (Å²) < 4.78 is 5.06. The van der Waals surface area contributed by atoms with E-state index in [-0.39, 0.29) is 5.56 Å². The van der Waals surface area contributed by atoms with Crippen LogP contribution in [0.2, 0.25) is 0 Å². The molecular formula is C9H7NO3. The van der Waals surface area contributed by atoms with Crippen molar-refractivity contribution in [3.05, 3.63) is 36.2 Å². The largest absolute Gasteiger partial charge is 0.478 e. The third-order valence-electron chi connectivity index (χ3n) is 1.71. The van der Waals surface area contributed by atoms with Gasteiger partial charge in [0.15, 0.2) is 5.76 Å². The fraction of sp³-hybridized carbons (Fsp3) is 0. The number of carboxylic acid groups (broad SMARTS) is 1. The Kier molecular flexibility index (Phi) is 1.66. The summed E-state index contributed by atoms with van der Waals surface area (Å²) in [5, 5.41) is 8.63. The highest BCUT2D eigenvalue weighted by Crippen LogP contribution is 2.19. The molecule has 66 valence electrons. The summed E-state index contributed by atoms with van der Waals surface area (Å²) in [6, 6.07) is 5.11. The van der Waals surface area contributed by atoms with Gasteiger partial charge in [0, 0.05) is 12.3 Å². The van der Waals surface area contributed by atoms with E-state index < -0.39 is 5.97 Å². The van der Waals surface area contributed by atoms with Crippen LogP contribution in [0, 0.1) is 0 Å². The van der Waals surface area contributed by atoms with Crippen LogP contribution in [0.1, 0.15) is 10.4 Å². The van der Waals surface area contributed by atoms with Crippen LogP contribution in [0.4, 0.5) is 0 Å². The first-order valence-corrected chi connectivity index (χ1v) is 3.73. The van der Waals surface area contributed by atoms with Gasteiger partial charge >= 0.3 is 5.97 Å². The van der Waals surface area contributed by atoms with Crippen molar-refractivity contribution in [2.24, 2.45) is 0 Å². The summed E-state index contributed by atoms with van der Waals surface area (Å²) >= 11 is 0. The van der Waals surface area contributed by atoms with Gasteiger partial charge in [-0.2, -0.15) is 0 Å². The summed E-state index contributed by atoms with van der Waals surface area (Å²) in [4.78, 5) is 13.4. The van der Waals surface area contributed by atoms with Gasteiger partial charge in [-0.05, 0) is 12.1 Å². The zero-order valence-electron chi connectivity index (χ0n) is 6.65. The number of carbonyl (C=O) groups is 1. The Bertz CT molecular complexity index is 414. The van der Waals surface area contributed by atoms with E-state index in [1.54, 1.807) is 6.20 Å². The molecule has 0 atom stereocenters. The van der Waals surface area contributed by atoms with E-state index in [0.717, 1.165) is 5.69 Å². The number of hydrogen-bond acceptors (Lipinski definition) is 2. The molecule has 4 heteroatoms.